The number of nitrogens with one attached hydrogen (secondary N) is 1. The first-order valence-electron chi connectivity index (χ1n) is 7.34. The number of aryl methyl sites for hydroxylation is 1. The molecule has 0 unspecified atom stereocenters. The van der Waals surface area contributed by atoms with Crippen molar-refractivity contribution in [3.8, 4) is 0 Å². The van der Waals surface area contributed by atoms with E-state index in [9.17, 15) is 4.39 Å². The average Bonchev–Trinajstić information content (AvgIpc) is 2.50. The highest BCUT2D eigenvalue weighted by molar-refractivity contribution is 5.58. The second kappa shape index (κ2) is 6.08. The lowest BCUT2D eigenvalue weighted by atomic mass is 10.1. The van der Waals surface area contributed by atoms with E-state index in [0.717, 1.165) is 24.7 Å². The molecule has 1 aliphatic rings. The maximum Gasteiger partial charge on any atom is 0.227 e. The van der Waals surface area contributed by atoms with E-state index in [1.807, 2.05) is 13.0 Å². The summed E-state index contributed by atoms with van der Waals surface area (Å²) in [5.74, 6) is 1.08. The van der Waals surface area contributed by atoms with Crippen molar-refractivity contribution in [2.45, 2.75) is 26.2 Å². The van der Waals surface area contributed by atoms with Gasteiger partial charge in [-0.1, -0.05) is 12.1 Å². The number of piperidine rings is 1. The first-order chi connectivity index (χ1) is 10.2. The molecule has 0 radical (unpaired) electrons. The Hall–Kier alpha value is -2.17. The van der Waals surface area contributed by atoms with Gasteiger partial charge in [-0.15, -0.1) is 0 Å². The minimum Gasteiger partial charge on any atom is -0.341 e. The fraction of sp³-hybridized carbons (Fsp3) is 0.375. The van der Waals surface area contributed by atoms with Gasteiger partial charge in [-0.05, 0) is 38.3 Å². The Morgan fingerprint density at radius 2 is 1.86 bits per heavy atom. The van der Waals surface area contributed by atoms with Crippen LogP contribution in [0.3, 0.4) is 0 Å². The molecule has 0 amide bonds. The Labute approximate surface area is 124 Å². The SMILES string of the molecule is Cc1cc(Nc2ccccc2F)nc(N2CCCCC2)n1. The van der Waals surface area contributed by atoms with E-state index in [0.29, 0.717) is 11.5 Å². The molecular weight excluding hydrogens is 267 g/mol. The molecule has 1 fully saturated rings. The molecule has 1 aromatic heterocycles. The third-order valence-electron chi connectivity index (χ3n) is 3.62. The van der Waals surface area contributed by atoms with Crippen molar-refractivity contribution in [1.82, 2.24) is 9.97 Å². The normalized spacial score (nSPS) is 15.0. The van der Waals surface area contributed by atoms with E-state index < -0.39 is 0 Å². The topological polar surface area (TPSA) is 41.1 Å². The molecule has 1 aliphatic heterocycles. The summed E-state index contributed by atoms with van der Waals surface area (Å²) in [4.78, 5) is 11.2. The largest absolute Gasteiger partial charge is 0.341 e. The number of rotatable bonds is 3. The highest BCUT2D eigenvalue weighted by atomic mass is 19.1. The molecule has 3 rings (SSSR count). The number of halogens is 1. The van der Waals surface area contributed by atoms with Gasteiger partial charge >= 0.3 is 0 Å². The van der Waals surface area contributed by atoms with Crippen LogP contribution in [0.1, 0.15) is 25.0 Å². The predicted octanol–water partition coefficient (Wildman–Crippen LogP) is 3.66. The summed E-state index contributed by atoms with van der Waals surface area (Å²) in [5, 5.41) is 3.04. The van der Waals surface area contributed by atoms with Gasteiger partial charge in [-0.3, -0.25) is 0 Å². The summed E-state index contributed by atoms with van der Waals surface area (Å²) in [6.07, 6.45) is 3.61. The Balaban J connectivity index is 1.85. The summed E-state index contributed by atoms with van der Waals surface area (Å²) in [6, 6.07) is 8.44. The minimum absolute atomic E-state index is 0.284. The summed E-state index contributed by atoms with van der Waals surface area (Å²) in [6.45, 7) is 3.91. The van der Waals surface area contributed by atoms with E-state index in [4.69, 9.17) is 0 Å². The van der Waals surface area contributed by atoms with Crippen LogP contribution >= 0.6 is 0 Å². The zero-order chi connectivity index (χ0) is 14.7. The number of aromatic nitrogens is 2. The third-order valence-corrected chi connectivity index (χ3v) is 3.62. The molecule has 0 bridgehead atoms. The fourth-order valence-corrected chi connectivity index (χ4v) is 2.55. The van der Waals surface area contributed by atoms with Gasteiger partial charge in [-0.2, -0.15) is 4.98 Å². The highest BCUT2D eigenvalue weighted by Gasteiger charge is 2.15. The van der Waals surface area contributed by atoms with Crippen molar-refractivity contribution in [1.29, 1.82) is 0 Å². The maximum absolute atomic E-state index is 13.7. The summed E-state index contributed by atoms with van der Waals surface area (Å²) < 4.78 is 13.7. The van der Waals surface area contributed by atoms with Crippen molar-refractivity contribution in [2.24, 2.45) is 0 Å². The van der Waals surface area contributed by atoms with Gasteiger partial charge in [0, 0.05) is 24.8 Å². The lowest BCUT2D eigenvalue weighted by molar-refractivity contribution is 0.568. The van der Waals surface area contributed by atoms with Crippen LogP contribution in [-0.2, 0) is 0 Å². The first-order valence-corrected chi connectivity index (χ1v) is 7.34. The molecule has 5 heteroatoms. The molecule has 0 atom stereocenters. The molecule has 4 nitrogen and oxygen atoms in total. The van der Waals surface area contributed by atoms with Crippen LogP contribution in [0, 0.1) is 12.7 Å². The van der Waals surface area contributed by atoms with Crippen molar-refractivity contribution in [3.05, 3.63) is 41.8 Å². The average molecular weight is 286 g/mol. The Morgan fingerprint density at radius 3 is 2.62 bits per heavy atom. The monoisotopic (exact) mass is 286 g/mol. The second-order valence-electron chi connectivity index (χ2n) is 5.35. The van der Waals surface area contributed by atoms with Gasteiger partial charge in [0.25, 0.3) is 0 Å². The van der Waals surface area contributed by atoms with Gasteiger partial charge < -0.3 is 10.2 Å². The lowest BCUT2D eigenvalue weighted by Gasteiger charge is -2.27. The number of hydrogen-bond donors (Lipinski definition) is 1. The molecular formula is C16H19FN4. The molecule has 2 aromatic rings. The van der Waals surface area contributed by atoms with Crippen LogP contribution in [0.2, 0.25) is 0 Å². The molecule has 21 heavy (non-hydrogen) atoms. The van der Waals surface area contributed by atoms with Gasteiger partial charge in [0.05, 0.1) is 5.69 Å². The smallest absolute Gasteiger partial charge is 0.227 e. The van der Waals surface area contributed by atoms with E-state index in [1.54, 1.807) is 18.2 Å². The highest BCUT2D eigenvalue weighted by Crippen LogP contribution is 2.22. The van der Waals surface area contributed by atoms with E-state index in [1.165, 1.54) is 25.3 Å². The molecule has 110 valence electrons. The summed E-state index contributed by atoms with van der Waals surface area (Å²) in [5.41, 5.74) is 1.31. The molecule has 2 heterocycles. The molecule has 0 spiro atoms. The van der Waals surface area contributed by atoms with Crippen LogP contribution in [0.25, 0.3) is 0 Å². The van der Waals surface area contributed by atoms with E-state index in [-0.39, 0.29) is 5.82 Å². The summed E-state index contributed by atoms with van der Waals surface area (Å²) in [7, 11) is 0. The standard InChI is InChI=1S/C16H19FN4/c1-12-11-15(19-14-8-4-3-7-13(14)17)20-16(18-12)21-9-5-2-6-10-21/h3-4,7-8,11H,2,5-6,9-10H2,1H3,(H,18,19,20). The third kappa shape index (κ3) is 3.29. The first kappa shape index (κ1) is 13.8. The molecule has 1 saturated heterocycles. The van der Waals surface area contributed by atoms with Crippen LogP contribution in [0.4, 0.5) is 21.8 Å². The Bertz CT molecular complexity index is 623. The number of nitrogens with zero attached hydrogens (tertiary/aromatic N) is 3. The quantitative estimate of drug-likeness (QED) is 0.935. The minimum atomic E-state index is -0.284. The zero-order valence-electron chi connectivity index (χ0n) is 12.1. The van der Waals surface area contributed by atoms with Gasteiger partial charge in [0.1, 0.15) is 11.6 Å². The second-order valence-corrected chi connectivity index (χ2v) is 5.35. The van der Waals surface area contributed by atoms with Gasteiger partial charge in [0.15, 0.2) is 0 Å². The van der Waals surface area contributed by atoms with Gasteiger partial charge in [-0.25, -0.2) is 9.37 Å². The van der Waals surface area contributed by atoms with Gasteiger partial charge in [0.2, 0.25) is 5.95 Å². The van der Waals surface area contributed by atoms with Crippen LogP contribution in [0.5, 0.6) is 0 Å². The Kier molecular flexibility index (Phi) is 3.99. The Morgan fingerprint density at radius 1 is 1.10 bits per heavy atom. The maximum atomic E-state index is 13.7. The van der Waals surface area contributed by atoms with Crippen molar-refractivity contribution >= 4 is 17.5 Å². The number of hydrogen-bond acceptors (Lipinski definition) is 4. The van der Waals surface area contributed by atoms with Crippen molar-refractivity contribution < 1.29 is 4.39 Å². The van der Waals surface area contributed by atoms with Crippen LogP contribution < -0.4 is 10.2 Å². The molecule has 1 aromatic carbocycles. The van der Waals surface area contributed by atoms with Crippen LogP contribution in [0.15, 0.2) is 30.3 Å². The molecule has 1 N–H and O–H groups in total. The van der Waals surface area contributed by atoms with Crippen molar-refractivity contribution in [3.63, 3.8) is 0 Å². The lowest BCUT2D eigenvalue weighted by Crippen LogP contribution is -2.31. The van der Waals surface area contributed by atoms with Crippen LogP contribution in [-0.4, -0.2) is 23.1 Å². The summed E-state index contributed by atoms with van der Waals surface area (Å²) >= 11 is 0. The van der Waals surface area contributed by atoms with Crippen molar-refractivity contribution in [2.75, 3.05) is 23.3 Å². The molecule has 0 saturated carbocycles. The fourth-order valence-electron chi connectivity index (χ4n) is 2.55. The number of anilines is 3. The molecule has 0 aliphatic carbocycles. The number of para-hydroxylation sites is 1. The van der Waals surface area contributed by atoms with E-state index in [2.05, 4.69) is 20.2 Å². The van der Waals surface area contributed by atoms with E-state index >= 15 is 0 Å². The number of benzene rings is 1. The zero-order valence-corrected chi connectivity index (χ0v) is 12.1. The predicted molar refractivity (Wildman–Crippen MR) is 82.5 cm³/mol.